The molecule has 0 radical (unpaired) electrons. The molecule has 0 spiro atoms. The van der Waals surface area contributed by atoms with Gasteiger partial charge in [-0.3, -0.25) is 0 Å². The van der Waals surface area contributed by atoms with E-state index >= 15 is 0 Å². The molecule has 0 atom stereocenters. The van der Waals surface area contributed by atoms with Crippen molar-refractivity contribution in [1.29, 1.82) is 0 Å². The minimum absolute atomic E-state index is 0. The number of benzene rings is 1. The second kappa shape index (κ2) is 5.84. The third kappa shape index (κ3) is 3.31. The molecule has 0 saturated heterocycles. The van der Waals surface area contributed by atoms with Crippen molar-refractivity contribution in [3.05, 3.63) is 49.7 Å². The Labute approximate surface area is 70.3 Å². The van der Waals surface area contributed by atoms with Gasteiger partial charge in [-0.2, -0.15) is 24.6 Å². The Bertz CT molecular complexity index is 189. The predicted molar refractivity (Wildman–Crippen MR) is 51.3 cm³/mol. The van der Waals surface area contributed by atoms with Crippen molar-refractivity contribution in [3.8, 4) is 0 Å². The average molecular weight is 415 g/mol. The molecule has 0 aliphatic heterocycles. The van der Waals surface area contributed by atoms with Gasteiger partial charge in [0.1, 0.15) is 0 Å². The van der Waals surface area contributed by atoms with E-state index in [0.717, 1.165) is 5.56 Å². The van der Waals surface area contributed by atoms with Gasteiger partial charge in [-0.1, -0.05) is 18.9 Å². The molecule has 12 heavy (non-hydrogen) atoms. The summed E-state index contributed by atoms with van der Waals surface area (Å²) in [6.07, 6.45) is 2.40. The van der Waals surface area contributed by atoms with E-state index in [1.165, 1.54) is 18.4 Å². The van der Waals surface area contributed by atoms with Crippen LogP contribution in [0, 0.1) is 14.4 Å². The summed E-state index contributed by atoms with van der Waals surface area (Å²) in [5, 5.41) is 0. The van der Waals surface area contributed by atoms with Crippen LogP contribution in [0.4, 0.5) is 0 Å². The molecule has 64 valence electrons. The smallest absolute Gasteiger partial charge is 0 e. The second-order valence-electron chi connectivity index (χ2n) is 2.57. The number of hydrogen-bond donors (Lipinski definition) is 0. The fraction of sp³-hybridized carbons (Fsp3) is 0.273. The van der Waals surface area contributed by atoms with Crippen molar-refractivity contribution in [2.24, 2.45) is 0 Å². The molecule has 1 aromatic carbocycles. The molecule has 0 aliphatic rings. The van der Waals surface area contributed by atoms with Gasteiger partial charge in [0.25, 0.3) is 0 Å². The Balaban J connectivity index is 0. The Morgan fingerprint density at radius 3 is 2.08 bits per heavy atom. The fourth-order valence-electron chi connectivity index (χ4n) is 0.995. The minimum atomic E-state index is 0. The van der Waals surface area contributed by atoms with E-state index in [4.69, 9.17) is 0 Å². The van der Waals surface area contributed by atoms with Crippen LogP contribution in [0.1, 0.15) is 24.5 Å². The van der Waals surface area contributed by atoms with Crippen LogP contribution in [-0.2, 0) is 6.42 Å². The van der Waals surface area contributed by atoms with Crippen molar-refractivity contribution in [1.82, 2.24) is 0 Å². The summed E-state index contributed by atoms with van der Waals surface area (Å²) in [7, 11) is 0. The largest absolute Gasteiger partial charge is 0.358 e. The average Bonchev–Trinajstić information content (AvgIpc) is 1.95. The van der Waals surface area contributed by atoms with E-state index in [2.05, 4.69) is 38.1 Å². The molecule has 0 unspecified atom stereocenters. The van der Waals surface area contributed by atoms with Gasteiger partial charge in [0, 0.05) is 0 Å². The summed E-state index contributed by atoms with van der Waals surface area (Å²) in [6.45, 7) is 6.01. The molecule has 0 heterocycles. The summed E-state index contributed by atoms with van der Waals surface area (Å²) in [4.78, 5) is 0. The van der Waals surface area contributed by atoms with Crippen molar-refractivity contribution >= 4 is 0 Å². The first-order chi connectivity index (χ1) is 4.83. The first kappa shape index (κ1) is 12.7. The summed E-state index contributed by atoms with van der Waals surface area (Å²) in [6, 6.07) is 8.41. The van der Waals surface area contributed by atoms with Crippen LogP contribution < -0.4 is 0 Å². The standard InChI is InChI=1S/C10H13.CH3.Rf/c1-3-4-10-7-5-9(2)6-8-10;;/h5-8H,2-4H2,1H3;1H3;/q2*-1;. The van der Waals surface area contributed by atoms with E-state index in [0.29, 0.717) is 0 Å². The Kier molecular flexibility index (Phi) is 6.20. The molecule has 1 heteroatoms. The van der Waals surface area contributed by atoms with Crippen LogP contribution in [0.25, 0.3) is 0 Å². The van der Waals surface area contributed by atoms with Crippen LogP contribution in [0.2, 0.25) is 0 Å². The van der Waals surface area contributed by atoms with Crippen LogP contribution >= 0.6 is 0 Å². The second-order valence-corrected chi connectivity index (χ2v) is 2.57. The zero-order chi connectivity index (χ0) is 7.40. The zero-order valence-electron chi connectivity index (χ0n) is 8.14. The third-order valence-electron chi connectivity index (χ3n) is 1.56. The molecular weight excluding hydrogens is 399 g/mol. The van der Waals surface area contributed by atoms with Crippen LogP contribution in [0.3, 0.4) is 0 Å². The van der Waals surface area contributed by atoms with Crippen molar-refractivity contribution in [2.45, 2.75) is 19.8 Å². The van der Waals surface area contributed by atoms with Crippen LogP contribution in [0.15, 0.2) is 24.3 Å². The Hall–Kier alpha value is -1.91. The molecule has 1 aromatic rings. The molecule has 0 nitrogen and oxygen atoms in total. The molecule has 0 N–H and O–H groups in total. The van der Waals surface area contributed by atoms with Gasteiger partial charge in [-0.15, -0.1) is 12.1 Å². The number of hydrogen-bond acceptors (Lipinski definition) is 0. The molecule has 0 saturated carbocycles. The van der Waals surface area contributed by atoms with Gasteiger partial charge >= 0.3 is 0 Å². The summed E-state index contributed by atoms with van der Waals surface area (Å²) < 4.78 is 0. The molecule has 0 aromatic heterocycles. The van der Waals surface area contributed by atoms with Crippen molar-refractivity contribution < 1.29 is 0 Å². The molecule has 1 rings (SSSR count). The fourth-order valence-corrected chi connectivity index (χ4v) is 0.995. The third-order valence-corrected chi connectivity index (χ3v) is 1.56. The maximum Gasteiger partial charge on any atom is 0 e. The van der Waals surface area contributed by atoms with E-state index in [1.54, 1.807) is 0 Å². The van der Waals surface area contributed by atoms with Crippen LogP contribution in [-0.4, -0.2) is 0 Å². The molecular formula is C11H16Rf-2. The van der Waals surface area contributed by atoms with Gasteiger partial charge in [-0.05, 0) is 6.42 Å². The van der Waals surface area contributed by atoms with Crippen molar-refractivity contribution in [3.63, 3.8) is 0 Å². The SMILES string of the molecule is [CH2-]c1ccc(CCC)cc1.[CH3-].[Rf]. The first-order valence-electron chi connectivity index (χ1n) is 3.74. The monoisotopic (exact) mass is 415 g/mol. The van der Waals surface area contributed by atoms with E-state index in [9.17, 15) is 0 Å². The van der Waals surface area contributed by atoms with E-state index < -0.39 is 0 Å². The van der Waals surface area contributed by atoms with E-state index in [1.807, 2.05) is 0 Å². The van der Waals surface area contributed by atoms with Crippen molar-refractivity contribution in [2.75, 3.05) is 0 Å². The summed E-state index contributed by atoms with van der Waals surface area (Å²) >= 11 is 0. The first-order valence-corrected chi connectivity index (χ1v) is 3.74. The molecule has 0 bridgehead atoms. The quantitative estimate of drug-likeness (QED) is 0.651. The Morgan fingerprint density at radius 1 is 1.17 bits per heavy atom. The minimum Gasteiger partial charge on any atom is -0.358 e. The number of rotatable bonds is 2. The maximum absolute atomic E-state index is 3.82. The van der Waals surface area contributed by atoms with Gasteiger partial charge in [-0.25, -0.2) is 0 Å². The van der Waals surface area contributed by atoms with Gasteiger partial charge in [0.15, 0.2) is 0 Å². The zero-order valence-corrected chi connectivity index (χ0v) is 14.5. The topological polar surface area (TPSA) is 0 Å². The Morgan fingerprint density at radius 2 is 1.67 bits per heavy atom. The van der Waals surface area contributed by atoms with Gasteiger partial charge in [0.2, 0.25) is 0 Å². The molecule has 0 amide bonds. The van der Waals surface area contributed by atoms with Gasteiger partial charge in [0.05, 0.1) is 0 Å². The van der Waals surface area contributed by atoms with Crippen LogP contribution in [0.5, 0.6) is 0 Å². The number of aryl methyl sites for hydroxylation is 1. The van der Waals surface area contributed by atoms with E-state index in [-0.39, 0.29) is 7.43 Å². The summed E-state index contributed by atoms with van der Waals surface area (Å²) in [5.41, 5.74) is 2.51. The molecule has 0 aliphatic carbocycles. The normalized spacial score (nSPS) is 8.08. The summed E-state index contributed by atoms with van der Waals surface area (Å²) in [5.74, 6) is 0. The maximum atomic E-state index is 3.82. The van der Waals surface area contributed by atoms with Gasteiger partial charge < -0.3 is 7.43 Å². The molecule has 0 fully saturated rings. The predicted octanol–water partition coefficient (Wildman–Crippen LogP) is 3.27.